The van der Waals surface area contributed by atoms with E-state index in [0.29, 0.717) is 36.1 Å². The van der Waals surface area contributed by atoms with Crippen molar-refractivity contribution in [2.45, 2.75) is 13.3 Å². The van der Waals surface area contributed by atoms with Crippen molar-refractivity contribution in [1.82, 2.24) is 14.5 Å². The van der Waals surface area contributed by atoms with Crippen molar-refractivity contribution in [2.24, 2.45) is 0 Å². The molecule has 0 aliphatic carbocycles. The van der Waals surface area contributed by atoms with Crippen LogP contribution in [0.3, 0.4) is 0 Å². The molecule has 0 bridgehead atoms. The molecule has 1 rings (SSSR count). The van der Waals surface area contributed by atoms with Crippen LogP contribution in [0.2, 0.25) is 0 Å². The lowest BCUT2D eigenvalue weighted by atomic mass is 10.2. The van der Waals surface area contributed by atoms with E-state index in [-0.39, 0.29) is 5.91 Å². The summed E-state index contributed by atoms with van der Waals surface area (Å²) in [6.07, 6.45) is 0.702. The summed E-state index contributed by atoms with van der Waals surface area (Å²) in [5, 5.41) is 3.91. The predicted molar refractivity (Wildman–Crippen MR) is 66.6 cm³/mol. The number of aryl methyl sites for hydroxylation is 1. The molecule has 0 saturated carbocycles. The first-order valence-electron chi connectivity index (χ1n) is 4.97. The average molecular weight is 282 g/mol. The number of carbonyl (C=O) groups excluding carboxylic acids is 1. The topological polar surface area (TPSA) is 46.1 Å². The molecule has 0 unspecified atom stereocenters. The molecule has 1 aromatic heterocycles. The van der Waals surface area contributed by atoms with Crippen molar-refractivity contribution in [3.05, 3.63) is 10.6 Å². The lowest BCUT2D eigenvalue weighted by Gasteiger charge is -2.19. The SMILES string of the molecule is CCc1nnsc1C(=O)N(CCCl)CCCl. The van der Waals surface area contributed by atoms with Crippen LogP contribution in [0.5, 0.6) is 0 Å². The third kappa shape index (κ3) is 3.30. The minimum absolute atomic E-state index is 0.0758. The number of hydrogen-bond acceptors (Lipinski definition) is 4. The molecule has 7 heteroatoms. The summed E-state index contributed by atoms with van der Waals surface area (Å²) >= 11 is 12.4. The van der Waals surface area contributed by atoms with Crippen LogP contribution < -0.4 is 0 Å². The summed E-state index contributed by atoms with van der Waals surface area (Å²) in [4.78, 5) is 14.3. The third-order valence-electron chi connectivity index (χ3n) is 2.08. The molecule has 1 heterocycles. The van der Waals surface area contributed by atoms with Crippen LogP contribution in [0.25, 0.3) is 0 Å². The van der Waals surface area contributed by atoms with Gasteiger partial charge in [0.05, 0.1) is 5.69 Å². The Hall–Kier alpha value is -0.390. The van der Waals surface area contributed by atoms with E-state index < -0.39 is 0 Å². The molecule has 1 aromatic rings. The van der Waals surface area contributed by atoms with Gasteiger partial charge < -0.3 is 4.90 Å². The van der Waals surface area contributed by atoms with Crippen molar-refractivity contribution in [1.29, 1.82) is 0 Å². The van der Waals surface area contributed by atoms with E-state index in [1.165, 1.54) is 0 Å². The molecule has 0 radical (unpaired) electrons. The Morgan fingerprint density at radius 2 is 2.00 bits per heavy atom. The largest absolute Gasteiger partial charge is 0.335 e. The van der Waals surface area contributed by atoms with Gasteiger partial charge in [0.1, 0.15) is 4.88 Å². The fraction of sp³-hybridized carbons (Fsp3) is 0.667. The fourth-order valence-electron chi connectivity index (χ4n) is 1.26. The van der Waals surface area contributed by atoms with E-state index in [2.05, 4.69) is 9.59 Å². The first-order chi connectivity index (χ1) is 7.74. The maximum Gasteiger partial charge on any atom is 0.267 e. The maximum atomic E-state index is 12.1. The summed E-state index contributed by atoms with van der Waals surface area (Å²) in [6.45, 7) is 2.93. The van der Waals surface area contributed by atoms with Gasteiger partial charge in [0.2, 0.25) is 0 Å². The molecule has 0 fully saturated rings. The highest BCUT2D eigenvalue weighted by atomic mass is 35.5. The number of hydrogen-bond donors (Lipinski definition) is 0. The summed E-state index contributed by atoms with van der Waals surface area (Å²) in [7, 11) is 0. The highest BCUT2D eigenvalue weighted by Gasteiger charge is 2.20. The molecule has 16 heavy (non-hydrogen) atoms. The fourth-order valence-corrected chi connectivity index (χ4v) is 2.39. The molecule has 90 valence electrons. The molecular formula is C9H13Cl2N3OS. The highest BCUT2D eigenvalue weighted by molar-refractivity contribution is 7.08. The quantitative estimate of drug-likeness (QED) is 0.750. The van der Waals surface area contributed by atoms with E-state index >= 15 is 0 Å². The lowest BCUT2D eigenvalue weighted by molar-refractivity contribution is 0.0778. The normalized spacial score (nSPS) is 10.4. The average Bonchev–Trinajstić information content (AvgIpc) is 2.75. The molecule has 0 N–H and O–H groups in total. The number of alkyl halides is 2. The predicted octanol–water partition coefficient (Wildman–Crippen LogP) is 2.02. The Morgan fingerprint density at radius 3 is 2.50 bits per heavy atom. The number of carbonyl (C=O) groups is 1. The number of halogens is 2. The van der Waals surface area contributed by atoms with Crippen LogP contribution in [0, 0.1) is 0 Å². The summed E-state index contributed by atoms with van der Waals surface area (Å²) in [5.74, 6) is 0.722. The van der Waals surface area contributed by atoms with Gasteiger partial charge in [-0.3, -0.25) is 4.79 Å². The molecule has 0 aliphatic rings. The highest BCUT2D eigenvalue weighted by Crippen LogP contribution is 2.14. The molecule has 0 aromatic carbocycles. The number of aromatic nitrogens is 2. The number of nitrogens with zero attached hydrogens (tertiary/aromatic N) is 3. The second kappa shape index (κ2) is 7.04. The van der Waals surface area contributed by atoms with Gasteiger partial charge in [-0.1, -0.05) is 11.4 Å². The van der Waals surface area contributed by atoms with Crippen molar-refractivity contribution < 1.29 is 4.79 Å². The Balaban J connectivity index is 2.81. The Morgan fingerprint density at radius 1 is 1.38 bits per heavy atom. The smallest absolute Gasteiger partial charge is 0.267 e. The van der Waals surface area contributed by atoms with Crippen LogP contribution in [0.15, 0.2) is 0 Å². The van der Waals surface area contributed by atoms with Crippen molar-refractivity contribution in [3.63, 3.8) is 0 Å². The van der Waals surface area contributed by atoms with E-state index in [1.54, 1.807) is 4.90 Å². The number of amides is 1. The van der Waals surface area contributed by atoms with Crippen molar-refractivity contribution in [2.75, 3.05) is 24.8 Å². The van der Waals surface area contributed by atoms with E-state index in [9.17, 15) is 4.79 Å². The molecule has 0 saturated heterocycles. The monoisotopic (exact) mass is 281 g/mol. The Labute approximate surface area is 109 Å². The summed E-state index contributed by atoms with van der Waals surface area (Å²) in [5.41, 5.74) is 0.740. The Kier molecular flexibility index (Phi) is 6.01. The maximum absolute atomic E-state index is 12.1. The van der Waals surface area contributed by atoms with E-state index in [4.69, 9.17) is 23.2 Å². The standard InChI is InChI=1S/C9H13Cl2N3OS/c1-2-7-8(16-13-12-7)9(15)14(5-3-10)6-4-11/h2-6H2,1H3. The summed E-state index contributed by atoms with van der Waals surface area (Å²) < 4.78 is 3.79. The Bertz CT molecular complexity index is 339. The first kappa shape index (κ1) is 13.7. The van der Waals surface area contributed by atoms with Crippen LogP contribution in [-0.2, 0) is 6.42 Å². The van der Waals surface area contributed by atoms with Crippen LogP contribution in [0.4, 0.5) is 0 Å². The number of rotatable bonds is 6. The van der Waals surface area contributed by atoms with Gasteiger partial charge in [0, 0.05) is 24.8 Å². The van der Waals surface area contributed by atoms with Gasteiger partial charge >= 0.3 is 0 Å². The van der Waals surface area contributed by atoms with E-state index in [0.717, 1.165) is 17.2 Å². The van der Waals surface area contributed by atoms with Crippen LogP contribution in [0.1, 0.15) is 22.3 Å². The van der Waals surface area contributed by atoms with Crippen molar-refractivity contribution >= 4 is 40.6 Å². The third-order valence-corrected chi connectivity index (χ3v) is 3.18. The minimum atomic E-state index is -0.0758. The molecule has 1 amide bonds. The molecule has 0 aliphatic heterocycles. The first-order valence-corrected chi connectivity index (χ1v) is 6.81. The van der Waals surface area contributed by atoms with Gasteiger partial charge in [-0.25, -0.2) is 0 Å². The lowest BCUT2D eigenvalue weighted by Crippen LogP contribution is -2.34. The second-order valence-electron chi connectivity index (χ2n) is 3.07. The van der Waals surface area contributed by atoms with Gasteiger partial charge in [-0.15, -0.1) is 28.3 Å². The van der Waals surface area contributed by atoms with Crippen LogP contribution >= 0.6 is 34.7 Å². The van der Waals surface area contributed by atoms with Gasteiger partial charge in [0.15, 0.2) is 0 Å². The molecule has 0 spiro atoms. The van der Waals surface area contributed by atoms with E-state index in [1.807, 2.05) is 6.92 Å². The molecule has 4 nitrogen and oxygen atoms in total. The summed E-state index contributed by atoms with van der Waals surface area (Å²) in [6, 6.07) is 0. The van der Waals surface area contributed by atoms with Crippen LogP contribution in [-0.4, -0.2) is 45.2 Å². The zero-order valence-corrected chi connectivity index (χ0v) is 11.3. The van der Waals surface area contributed by atoms with Gasteiger partial charge in [0.25, 0.3) is 5.91 Å². The second-order valence-corrected chi connectivity index (χ2v) is 4.58. The molecule has 0 atom stereocenters. The zero-order chi connectivity index (χ0) is 12.0. The van der Waals surface area contributed by atoms with Gasteiger partial charge in [-0.05, 0) is 18.0 Å². The minimum Gasteiger partial charge on any atom is -0.335 e. The van der Waals surface area contributed by atoms with Crippen molar-refractivity contribution in [3.8, 4) is 0 Å². The molecular weight excluding hydrogens is 269 g/mol. The van der Waals surface area contributed by atoms with Gasteiger partial charge in [-0.2, -0.15) is 0 Å². The zero-order valence-electron chi connectivity index (χ0n) is 8.95.